The van der Waals surface area contributed by atoms with Crippen LogP contribution < -0.4 is 5.32 Å². The Balaban J connectivity index is 1.76. The first-order valence-corrected chi connectivity index (χ1v) is 7.60. The Kier molecular flexibility index (Phi) is 3.78. The maximum Gasteiger partial charge on any atom is 0.264 e. The van der Waals surface area contributed by atoms with E-state index >= 15 is 0 Å². The number of hydrogen-bond acceptors (Lipinski definition) is 4. The molecule has 1 saturated heterocycles. The van der Waals surface area contributed by atoms with Crippen molar-refractivity contribution >= 4 is 28.9 Å². The Morgan fingerprint density at radius 1 is 1.35 bits per heavy atom. The van der Waals surface area contributed by atoms with Crippen molar-refractivity contribution in [3.05, 3.63) is 34.7 Å². The topological polar surface area (TPSA) is 61.7 Å². The van der Waals surface area contributed by atoms with Gasteiger partial charge < -0.3 is 10.4 Å². The van der Waals surface area contributed by atoms with Crippen molar-refractivity contribution < 1.29 is 9.90 Å². The molecule has 104 valence electrons. The number of phenolic OH excluding ortho intramolecular Hbond substituents is 1. The average molecular weight is 288 g/mol. The number of rotatable bonds is 2. The van der Waals surface area contributed by atoms with Crippen LogP contribution in [0.1, 0.15) is 31.2 Å². The fourth-order valence-electron chi connectivity index (χ4n) is 2.45. The second kappa shape index (κ2) is 5.71. The van der Waals surface area contributed by atoms with Gasteiger partial charge in [-0.25, -0.2) is 0 Å². The third kappa shape index (κ3) is 3.04. The van der Waals surface area contributed by atoms with Gasteiger partial charge in [-0.1, -0.05) is 25.0 Å². The number of thioether (sulfide) groups is 1. The van der Waals surface area contributed by atoms with Crippen molar-refractivity contribution in [3.63, 3.8) is 0 Å². The molecular formula is C15H16N2O2S. The highest BCUT2D eigenvalue weighted by molar-refractivity contribution is 8.18. The zero-order valence-electron chi connectivity index (χ0n) is 11.0. The van der Waals surface area contributed by atoms with Gasteiger partial charge in [0.05, 0.1) is 10.9 Å². The molecule has 2 fully saturated rings. The third-order valence-electron chi connectivity index (χ3n) is 3.44. The fourth-order valence-corrected chi connectivity index (χ4v) is 3.35. The third-order valence-corrected chi connectivity index (χ3v) is 4.37. The van der Waals surface area contributed by atoms with E-state index in [1.165, 1.54) is 24.6 Å². The predicted octanol–water partition coefficient (Wildman–Crippen LogP) is 2.89. The van der Waals surface area contributed by atoms with Gasteiger partial charge in [-0.05, 0) is 48.4 Å². The summed E-state index contributed by atoms with van der Waals surface area (Å²) >= 11 is 1.38. The Morgan fingerprint density at radius 3 is 2.90 bits per heavy atom. The number of amides is 1. The summed E-state index contributed by atoms with van der Waals surface area (Å²) < 4.78 is 0. The van der Waals surface area contributed by atoms with E-state index in [9.17, 15) is 9.90 Å². The number of phenols is 1. The van der Waals surface area contributed by atoms with E-state index in [1.54, 1.807) is 24.3 Å². The summed E-state index contributed by atoms with van der Waals surface area (Å²) in [6, 6.07) is 7.21. The largest absolute Gasteiger partial charge is 0.508 e. The molecule has 0 aromatic heterocycles. The van der Waals surface area contributed by atoms with E-state index in [2.05, 4.69) is 10.3 Å². The average Bonchev–Trinajstić information content (AvgIpc) is 3.01. The van der Waals surface area contributed by atoms with Crippen LogP contribution in [0.15, 0.2) is 34.2 Å². The number of benzene rings is 1. The number of nitrogens with zero attached hydrogens (tertiary/aromatic N) is 1. The molecule has 20 heavy (non-hydrogen) atoms. The zero-order valence-corrected chi connectivity index (χ0v) is 11.8. The molecule has 1 amide bonds. The standard InChI is InChI=1S/C15H16N2O2S/c18-12-7-3-4-10(8-12)9-13-14(19)17-15(20-13)16-11-5-1-2-6-11/h3-4,7-9,11,18H,1-2,5-6H2,(H,16,17,19). The Hall–Kier alpha value is -1.75. The van der Waals surface area contributed by atoms with Crippen LogP contribution in [-0.4, -0.2) is 22.2 Å². The molecule has 0 unspecified atom stereocenters. The molecule has 3 rings (SSSR count). The molecule has 1 saturated carbocycles. The molecule has 0 radical (unpaired) electrons. The van der Waals surface area contributed by atoms with Crippen LogP contribution in [0.25, 0.3) is 6.08 Å². The van der Waals surface area contributed by atoms with Crippen LogP contribution in [0.3, 0.4) is 0 Å². The first-order valence-electron chi connectivity index (χ1n) is 6.78. The van der Waals surface area contributed by atoms with Gasteiger partial charge >= 0.3 is 0 Å². The first-order chi connectivity index (χ1) is 9.70. The lowest BCUT2D eigenvalue weighted by atomic mass is 10.2. The lowest BCUT2D eigenvalue weighted by Crippen LogP contribution is -2.21. The van der Waals surface area contributed by atoms with Crippen LogP contribution in [0, 0.1) is 0 Å². The molecule has 0 atom stereocenters. The van der Waals surface area contributed by atoms with Crippen molar-refractivity contribution in [2.75, 3.05) is 0 Å². The number of aliphatic imine (C=N–C) groups is 1. The van der Waals surface area contributed by atoms with Crippen LogP contribution in [0.5, 0.6) is 5.75 Å². The monoisotopic (exact) mass is 288 g/mol. The minimum absolute atomic E-state index is 0.116. The molecule has 4 nitrogen and oxygen atoms in total. The second-order valence-electron chi connectivity index (χ2n) is 5.03. The van der Waals surface area contributed by atoms with E-state index in [4.69, 9.17) is 0 Å². The van der Waals surface area contributed by atoms with Crippen molar-refractivity contribution in [1.29, 1.82) is 0 Å². The van der Waals surface area contributed by atoms with Crippen LogP contribution in [0.4, 0.5) is 0 Å². The Labute approximate surface area is 122 Å². The Morgan fingerprint density at radius 2 is 2.15 bits per heavy atom. The highest BCUT2D eigenvalue weighted by Gasteiger charge is 2.25. The lowest BCUT2D eigenvalue weighted by molar-refractivity contribution is -0.115. The van der Waals surface area contributed by atoms with Gasteiger partial charge in [0, 0.05) is 0 Å². The van der Waals surface area contributed by atoms with Gasteiger partial charge in [0.2, 0.25) is 0 Å². The zero-order chi connectivity index (χ0) is 13.9. The van der Waals surface area contributed by atoms with Gasteiger partial charge in [0.1, 0.15) is 5.75 Å². The highest BCUT2D eigenvalue weighted by atomic mass is 32.2. The molecule has 2 N–H and O–H groups in total. The molecule has 5 heteroatoms. The summed E-state index contributed by atoms with van der Waals surface area (Å²) in [7, 11) is 0. The van der Waals surface area contributed by atoms with Crippen LogP contribution >= 0.6 is 11.8 Å². The van der Waals surface area contributed by atoms with E-state index in [0.717, 1.165) is 18.4 Å². The second-order valence-corrected chi connectivity index (χ2v) is 6.06. The van der Waals surface area contributed by atoms with Gasteiger partial charge in [-0.2, -0.15) is 0 Å². The summed E-state index contributed by atoms with van der Waals surface area (Å²) in [5, 5.41) is 12.9. The summed E-state index contributed by atoms with van der Waals surface area (Å²) in [4.78, 5) is 17.1. The van der Waals surface area contributed by atoms with Crippen molar-refractivity contribution in [2.45, 2.75) is 31.7 Å². The minimum atomic E-state index is -0.116. The molecular weight excluding hydrogens is 272 g/mol. The summed E-state index contributed by atoms with van der Waals surface area (Å²) in [5.41, 5.74) is 0.810. The number of hydrogen-bond donors (Lipinski definition) is 2. The van der Waals surface area contributed by atoms with Crippen molar-refractivity contribution in [3.8, 4) is 5.75 Å². The van der Waals surface area contributed by atoms with Gasteiger partial charge in [-0.15, -0.1) is 0 Å². The maximum atomic E-state index is 11.9. The van der Waals surface area contributed by atoms with Crippen molar-refractivity contribution in [2.24, 2.45) is 4.99 Å². The van der Waals surface area contributed by atoms with E-state index < -0.39 is 0 Å². The van der Waals surface area contributed by atoms with Crippen molar-refractivity contribution in [1.82, 2.24) is 5.32 Å². The van der Waals surface area contributed by atoms with E-state index in [0.29, 0.717) is 16.1 Å². The van der Waals surface area contributed by atoms with E-state index in [1.807, 2.05) is 6.07 Å². The molecule has 1 aromatic carbocycles. The van der Waals surface area contributed by atoms with Crippen LogP contribution in [0.2, 0.25) is 0 Å². The molecule has 2 aliphatic rings. The summed E-state index contributed by atoms with van der Waals surface area (Å²) in [6.45, 7) is 0. The minimum Gasteiger partial charge on any atom is -0.508 e. The van der Waals surface area contributed by atoms with Gasteiger partial charge in [0.25, 0.3) is 5.91 Å². The molecule has 1 aliphatic heterocycles. The number of nitrogens with one attached hydrogen (secondary N) is 1. The molecule has 1 heterocycles. The fraction of sp³-hybridized carbons (Fsp3) is 0.333. The maximum absolute atomic E-state index is 11.9. The quantitative estimate of drug-likeness (QED) is 0.823. The van der Waals surface area contributed by atoms with Gasteiger partial charge in [0.15, 0.2) is 5.17 Å². The molecule has 0 bridgehead atoms. The highest BCUT2D eigenvalue weighted by Crippen LogP contribution is 2.29. The first kappa shape index (κ1) is 13.2. The lowest BCUT2D eigenvalue weighted by Gasteiger charge is -2.02. The molecule has 1 aliphatic carbocycles. The number of carbonyl (C=O) groups is 1. The van der Waals surface area contributed by atoms with Crippen LogP contribution in [-0.2, 0) is 4.79 Å². The molecule has 1 aromatic rings. The predicted molar refractivity (Wildman–Crippen MR) is 81.5 cm³/mol. The number of aromatic hydroxyl groups is 1. The summed E-state index contributed by atoms with van der Waals surface area (Å²) in [5.74, 6) is 0.0812. The Bertz CT molecular complexity index is 589. The normalized spacial score (nSPS) is 23.7. The number of carbonyl (C=O) groups excluding carboxylic acids is 1. The SMILES string of the molecule is O=C1NC(=NC2CCCC2)SC1=Cc1cccc(O)c1. The van der Waals surface area contributed by atoms with Gasteiger partial charge in [-0.3, -0.25) is 9.79 Å². The molecule has 0 spiro atoms. The summed E-state index contributed by atoms with van der Waals surface area (Å²) in [6.07, 6.45) is 6.46. The number of amidine groups is 1. The van der Waals surface area contributed by atoms with E-state index in [-0.39, 0.29) is 11.7 Å². The smallest absolute Gasteiger partial charge is 0.264 e.